The molecule has 0 spiro atoms. The molecule has 1 amide bonds. The van der Waals surface area contributed by atoms with E-state index in [-0.39, 0.29) is 29.3 Å². The third-order valence-corrected chi connectivity index (χ3v) is 9.54. The van der Waals surface area contributed by atoms with Gasteiger partial charge in [0.25, 0.3) is 0 Å². The number of aryl methyl sites for hydroxylation is 1. The van der Waals surface area contributed by atoms with Gasteiger partial charge in [-0.2, -0.15) is 0 Å². The minimum absolute atomic E-state index is 0.00308. The second-order valence-electron chi connectivity index (χ2n) is 11.8. The molecule has 0 aromatic heterocycles. The van der Waals surface area contributed by atoms with Crippen LogP contribution in [-0.4, -0.2) is 20.9 Å². The summed E-state index contributed by atoms with van der Waals surface area (Å²) in [5.41, 5.74) is 4.43. The van der Waals surface area contributed by atoms with Crippen molar-refractivity contribution >= 4 is 26.7 Å². The Balaban J connectivity index is 1.32. The van der Waals surface area contributed by atoms with Crippen LogP contribution in [0.2, 0.25) is 0 Å². The molecule has 3 atom stereocenters. The van der Waals surface area contributed by atoms with Crippen LogP contribution in [0.25, 0.3) is 10.8 Å². The molecule has 42 heavy (non-hydrogen) atoms. The number of amides is 1. The number of carbonyl (C=O) groups is 1. The fourth-order valence-corrected chi connectivity index (χ4v) is 6.98. The summed E-state index contributed by atoms with van der Waals surface area (Å²) in [6.07, 6.45) is 2.84. The summed E-state index contributed by atoms with van der Waals surface area (Å²) in [6.45, 7) is 7.56. The molecule has 7 heteroatoms. The van der Waals surface area contributed by atoms with E-state index in [1.165, 1.54) is 11.1 Å². The highest BCUT2D eigenvalue weighted by Crippen LogP contribution is 2.32. The van der Waals surface area contributed by atoms with Gasteiger partial charge in [-0.3, -0.25) is 4.79 Å². The molecule has 0 saturated heterocycles. The van der Waals surface area contributed by atoms with Crippen LogP contribution in [0.5, 0.6) is 0 Å². The largest absolute Gasteiger partial charge is 0.349 e. The van der Waals surface area contributed by atoms with Crippen molar-refractivity contribution in [2.45, 2.75) is 69.5 Å². The lowest BCUT2D eigenvalue weighted by atomic mass is 9.85. The third-order valence-electron chi connectivity index (χ3n) is 8.07. The van der Waals surface area contributed by atoms with Gasteiger partial charge in [-0.25, -0.2) is 13.1 Å². The minimum Gasteiger partial charge on any atom is -0.349 e. The van der Waals surface area contributed by atoms with Crippen molar-refractivity contribution in [3.05, 3.63) is 113 Å². The number of hydrogen-bond donors (Lipinski definition) is 3. The summed E-state index contributed by atoms with van der Waals surface area (Å²) in [4.78, 5) is 13.6. The predicted octanol–water partition coefficient (Wildman–Crippen LogP) is 6.75. The van der Waals surface area contributed by atoms with Gasteiger partial charge in [-0.1, -0.05) is 92.7 Å². The third kappa shape index (κ3) is 7.27. The van der Waals surface area contributed by atoms with Crippen LogP contribution in [0.15, 0.2) is 95.9 Å². The monoisotopic (exact) mass is 583 g/mol. The molecular formula is C35H41N3O3S. The maximum atomic E-state index is 13.5. The number of carbonyl (C=O) groups excluding carboxylic acids is 1. The van der Waals surface area contributed by atoms with E-state index < -0.39 is 16.1 Å². The van der Waals surface area contributed by atoms with Gasteiger partial charge in [0.2, 0.25) is 15.9 Å². The first-order chi connectivity index (χ1) is 20.2. The summed E-state index contributed by atoms with van der Waals surface area (Å²) in [6, 6.07) is 28.1. The van der Waals surface area contributed by atoms with Crippen molar-refractivity contribution in [3.8, 4) is 0 Å². The summed E-state index contributed by atoms with van der Waals surface area (Å²) in [5.74, 6) is 0.403. The average molecular weight is 584 g/mol. The topological polar surface area (TPSA) is 87.3 Å². The fraction of sp³-hybridized carbons (Fsp3) is 0.343. The molecule has 3 N–H and O–H groups in total. The maximum Gasteiger partial charge on any atom is 0.241 e. The quantitative estimate of drug-likeness (QED) is 0.182. The van der Waals surface area contributed by atoms with Crippen LogP contribution < -0.4 is 15.4 Å². The Morgan fingerprint density at radius 2 is 1.60 bits per heavy atom. The van der Waals surface area contributed by atoms with Crippen LogP contribution in [0.4, 0.5) is 0 Å². The van der Waals surface area contributed by atoms with Gasteiger partial charge in [-0.05, 0) is 83.8 Å². The van der Waals surface area contributed by atoms with Crippen molar-refractivity contribution in [1.82, 2.24) is 15.4 Å². The van der Waals surface area contributed by atoms with E-state index in [1.807, 2.05) is 54.6 Å². The van der Waals surface area contributed by atoms with E-state index in [4.69, 9.17) is 0 Å². The van der Waals surface area contributed by atoms with E-state index in [0.29, 0.717) is 5.92 Å². The van der Waals surface area contributed by atoms with Crippen LogP contribution >= 0.6 is 0 Å². The molecule has 0 heterocycles. The Morgan fingerprint density at radius 1 is 0.857 bits per heavy atom. The zero-order valence-electron chi connectivity index (χ0n) is 24.6. The maximum absolute atomic E-state index is 13.5. The molecule has 0 radical (unpaired) electrons. The molecule has 4 aromatic carbocycles. The molecule has 0 unspecified atom stereocenters. The van der Waals surface area contributed by atoms with Gasteiger partial charge in [-0.15, -0.1) is 0 Å². The van der Waals surface area contributed by atoms with Gasteiger partial charge < -0.3 is 10.6 Å². The second-order valence-corrected chi connectivity index (χ2v) is 13.5. The van der Waals surface area contributed by atoms with Gasteiger partial charge in [0.05, 0.1) is 17.0 Å². The first-order valence-electron chi connectivity index (χ1n) is 14.9. The molecule has 6 nitrogen and oxygen atoms in total. The first kappa shape index (κ1) is 30.0. The molecule has 0 fully saturated rings. The Kier molecular flexibility index (Phi) is 9.41. The smallest absolute Gasteiger partial charge is 0.241 e. The summed E-state index contributed by atoms with van der Waals surface area (Å²) in [5, 5.41) is 8.64. The highest BCUT2D eigenvalue weighted by molar-refractivity contribution is 7.89. The number of benzene rings is 4. The molecule has 1 aliphatic rings. The van der Waals surface area contributed by atoms with E-state index in [2.05, 4.69) is 54.3 Å². The van der Waals surface area contributed by atoms with Crippen molar-refractivity contribution in [3.63, 3.8) is 0 Å². The van der Waals surface area contributed by atoms with Gasteiger partial charge in [0.15, 0.2) is 0 Å². The van der Waals surface area contributed by atoms with Crippen molar-refractivity contribution in [2.24, 2.45) is 5.92 Å². The van der Waals surface area contributed by atoms with E-state index in [0.717, 1.165) is 47.7 Å². The Labute approximate surface area is 250 Å². The van der Waals surface area contributed by atoms with Gasteiger partial charge >= 0.3 is 0 Å². The average Bonchev–Trinajstić information content (AvgIpc) is 2.99. The Hall–Kier alpha value is -3.52. The Morgan fingerprint density at radius 3 is 2.36 bits per heavy atom. The van der Waals surface area contributed by atoms with Gasteiger partial charge in [0.1, 0.15) is 0 Å². The Bertz CT molecular complexity index is 1640. The van der Waals surface area contributed by atoms with E-state index in [9.17, 15) is 13.2 Å². The standard InChI is InChI=1S/C35H41N3O3S/c1-24(2)23-36-25(3)28-17-19-32-30(20-28)14-9-15-33(32)37-35(39)22-34(27-11-5-4-6-12-27)38-42(40,41)31-18-16-26-10-7-8-13-29(26)21-31/h4-8,10-13,16-21,24-25,33-34,36,38H,9,14-15,22-23H2,1-3H3,(H,37,39)/t25-,33-,34-/m1/s1. The fourth-order valence-electron chi connectivity index (χ4n) is 5.73. The number of nitrogens with one attached hydrogen (secondary N) is 3. The predicted molar refractivity (Wildman–Crippen MR) is 170 cm³/mol. The molecule has 0 aliphatic heterocycles. The molecule has 5 rings (SSSR count). The van der Waals surface area contributed by atoms with Crippen molar-refractivity contribution in [2.75, 3.05) is 6.54 Å². The molecule has 0 saturated carbocycles. The van der Waals surface area contributed by atoms with Crippen LogP contribution in [0, 0.1) is 5.92 Å². The number of sulfonamides is 1. The summed E-state index contributed by atoms with van der Waals surface area (Å²) < 4.78 is 29.9. The minimum atomic E-state index is -3.89. The van der Waals surface area contributed by atoms with Crippen molar-refractivity contribution < 1.29 is 13.2 Å². The van der Waals surface area contributed by atoms with Crippen LogP contribution in [-0.2, 0) is 21.2 Å². The molecule has 4 aromatic rings. The summed E-state index contributed by atoms with van der Waals surface area (Å²) in [7, 11) is -3.89. The molecule has 0 bridgehead atoms. The molecular weight excluding hydrogens is 542 g/mol. The lowest BCUT2D eigenvalue weighted by molar-refractivity contribution is -0.122. The zero-order valence-corrected chi connectivity index (χ0v) is 25.5. The lowest BCUT2D eigenvalue weighted by Crippen LogP contribution is -2.36. The van der Waals surface area contributed by atoms with Crippen molar-refractivity contribution in [1.29, 1.82) is 0 Å². The normalized spacial score (nSPS) is 16.6. The van der Waals surface area contributed by atoms with Gasteiger partial charge in [0, 0.05) is 12.5 Å². The SMILES string of the molecule is CC(C)CN[C@H](C)c1ccc2c(c1)CCC[C@H]2NC(=O)C[C@@H](NS(=O)(=O)c1ccc2ccccc2c1)c1ccccc1. The highest BCUT2D eigenvalue weighted by atomic mass is 32.2. The van der Waals surface area contributed by atoms with E-state index in [1.54, 1.807) is 18.2 Å². The number of hydrogen-bond acceptors (Lipinski definition) is 4. The van der Waals surface area contributed by atoms with Crippen LogP contribution in [0.3, 0.4) is 0 Å². The highest BCUT2D eigenvalue weighted by Gasteiger charge is 2.27. The van der Waals surface area contributed by atoms with Crippen LogP contribution in [0.1, 0.15) is 80.4 Å². The summed E-state index contributed by atoms with van der Waals surface area (Å²) >= 11 is 0. The zero-order chi connectivity index (χ0) is 29.7. The first-order valence-corrected chi connectivity index (χ1v) is 16.4. The molecule has 220 valence electrons. The van der Waals surface area contributed by atoms with E-state index >= 15 is 0 Å². The number of rotatable bonds is 11. The number of fused-ring (bicyclic) bond motifs is 2. The lowest BCUT2D eigenvalue weighted by Gasteiger charge is -2.29. The molecule has 1 aliphatic carbocycles. The second kappa shape index (κ2) is 13.2.